The summed E-state index contributed by atoms with van der Waals surface area (Å²) in [6.45, 7) is 0.382. The van der Waals surface area contributed by atoms with E-state index in [1.54, 1.807) is 17.8 Å². The molecule has 1 aliphatic heterocycles. The van der Waals surface area contributed by atoms with Crippen molar-refractivity contribution >= 4 is 23.9 Å². The van der Waals surface area contributed by atoms with E-state index in [9.17, 15) is 0 Å². The van der Waals surface area contributed by atoms with E-state index in [1.807, 2.05) is 0 Å². The number of nitrogens with zero attached hydrogens (tertiary/aromatic N) is 5. The van der Waals surface area contributed by atoms with Crippen LogP contribution < -0.4 is 5.32 Å². The normalized spacial score (nSPS) is 22.1. The molecule has 1 aliphatic rings. The summed E-state index contributed by atoms with van der Waals surface area (Å²) in [7, 11) is 1.80. The molecule has 2 atom stereocenters. The molecule has 0 aromatic carbocycles. The highest BCUT2D eigenvalue weighted by atomic mass is 32.1. The first-order valence-corrected chi connectivity index (χ1v) is 6.66. The number of aromatic nitrogens is 4. The van der Waals surface area contributed by atoms with Crippen molar-refractivity contribution in [2.75, 3.05) is 19.0 Å². The van der Waals surface area contributed by atoms with Crippen LogP contribution in [0.2, 0.25) is 0 Å². The number of fused-ring (bicyclic) bond motifs is 1. The van der Waals surface area contributed by atoms with Gasteiger partial charge in [-0.2, -0.15) is 5.10 Å². The van der Waals surface area contributed by atoms with E-state index in [-0.39, 0.29) is 12.2 Å². The first-order valence-electron chi connectivity index (χ1n) is 6.30. The third-order valence-corrected chi connectivity index (χ3v) is 3.42. The van der Waals surface area contributed by atoms with Crippen LogP contribution in [0.4, 0.5) is 5.82 Å². The van der Waals surface area contributed by atoms with Crippen LogP contribution >= 0.6 is 0 Å². The van der Waals surface area contributed by atoms with E-state index in [4.69, 9.17) is 9.57 Å². The second kappa shape index (κ2) is 5.63. The van der Waals surface area contributed by atoms with Crippen LogP contribution in [-0.2, 0) is 22.0 Å². The van der Waals surface area contributed by atoms with Gasteiger partial charge in [-0.3, -0.25) is 0 Å². The lowest BCUT2D eigenvalue weighted by Gasteiger charge is -2.12. The van der Waals surface area contributed by atoms with Crippen molar-refractivity contribution in [2.45, 2.75) is 25.0 Å². The molecule has 2 aromatic rings. The van der Waals surface area contributed by atoms with Crippen LogP contribution in [0.15, 0.2) is 17.1 Å². The largest absolute Gasteiger partial charge is 0.383 e. The minimum Gasteiger partial charge on any atom is -0.383 e. The minimum atomic E-state index is -0.0525. The van der Waals surface area contributed by atoms with E-state index in [2.05, 4.69) is 37.3 Å². The van der Waals surface area contributed by atoms with Crippen LogP contribution in [0.5, 0.6) is 0 Å². The molecule has 0 amide bonds. The maximum absolute atomic E-state index is 5.92. The van der Waals surface area contributed by atoms with Gasteiger partial charge in [0, 0.05) is 7.05 Å². The maximum atomic E-state index is 5.92. The second-order valence-corrected chi connectivity index (χ2v) is 4.62. The van der Waals surface area contributed by atoms with Gasteiger partial charge < -0.3 is 14.9 Å². The quantitative estimate of drug-likeness (QED) is 0.825. The van der Waals surface area contributed by atoms with Crippen molar-refractivity contribution in [2.24, 2.45) is 4.53 Å². The highest BCUT2D eigenvalue weighted by Crippen LogP contribution is 2.33. The van der Waals surface area contributed by atoms with E-state index in [0.29, 0.717) is 18.1 Å². The van der Waals surface area contributed by atoms with Crippen LogP contribution in [-0.4, -0.2) is 39.3 Å². The minimum absolute atomic E-state index is 0.00265. The first kappa shape index (κ1) is 13.1. The van der Waals surface area contributed by atoms with Crippen molar-refractivity contribution in [1.29, 1.82) is 0 Å². The van der Waals surface area contributed by atoms with Gasteiger partial charge in [0.2, 0.25) is 0 Å². The van der Waals surface area contributed by atoms with Crippen LogP contribution in [0, 0.1) is 0 Å². The van der Waals surface area contributed by atoms with Crippen molar-refractivity contribution in [3.8, 4) is 0 Å². The molecule has 3 heterocycles. The Balaban J connectivity index is 1.83. The molecule has 8 nitrogen and oxygen atoms in total. The van der Waals surface area contributed by atoms with Gasteiger partial charge in [0.05, 0.1) is 30.4 Å². The predicted molar refractivity (Wildman–Crippen MR) is 72.9 cm³/mol. The first-order chi connectivity index (χ1) is 9.83. The summed E-state index contributed by atoms with van der Waals surface area (Å²) >= 11 is 4.40. The highest BCUT2D eigenvalue weighted by molar-refractivity contribution is 7.47. The number of nitrogens with one attached hydrogen (secondary N) is 1. The van der Waals surface area contributed by atoms with Gasteiger partial charge in [0.15, 0.2) is 11.5 Å². The van der Waals surface area contributed by atoms with E-state index in [0.717, 1.165) is 18.5 Å². The zero-order chi connectivity index (χ0) is 13.9. The molecule has 1 N–H and O–H groups in total. The molecule has 2 aromatic heterocycles. The standard InChI is InChI=1S/C11H14N6O2S/c1-12-10-11-13-4-8(17(11)15-6-14-10)9-3-2-7(19-9)5-18-16-20/h4,6-7,9H,2-3,5H2,1H3,(H,12,14,15). The molecular weight excluding hydrogens is 280 g/mol. The number of ether oxygens (including phenoxy) is 1. The number of rotatable bonds is 5. The Labute approximate surface area is 120 Å². The Kier molecular flexibility index (Phi) is 3.70. The molecular formula is C11H14N6O2S. The summed E-state index contributed by atoms with van der Waals surface area (Å²) in [5.41, 5.74) is 1.60. The molecule has 0 aliphatic carbocycles. The fraction of sp³-hybridized carbons (Fsp3) is 0.545. The summed E-state index contributed by atoms with van der Waals surface area (Å²) in [6.07, 6.45) is 5.00. The third-order valence-electron chi connectivity index (χ3n) is 3.32. The molecule has 1 fully saturated rings. The van der Waals surface area contributed by atoms with Crippen LogP contribution in [0.3, 0.4) is 0 Å². The van der Waals surface area contributed by atoms with Gasteiger partial charge in [-0.25, -0.2) is 14.5 Å². The third kappa shape index (κ3) is 2.29. The maximum Gasteiger partial charge on any atom is 0.197 e. The average molecular weight is 294 g/mol. The molecule has 0 spiro atoms. The molecule has 9 heteroatoms. The number of anilines is 1. The monoisotopic (exact) mass is 294 g/mol. The molecule has 20 heavy (non-hydrogen) atoms. The number of imidazole rings is 1. The van der Waals surface area contributed by atoms with Gasteiger partial charge in [0.1, 0.15) is 19.0 Å². The van der Waals surface area contributed by atoms with Gasteiger partial charge >= 0.3 is 0 Å². The zero-order valence-corrected chi connectivity index (χ0v) is 11.7. The molecule has 2 unspecified atom stereocenters. The lowest BCUT2D eigenvalue weighted by Crippen LogP contribution is -2.13. The molecule has 3 rings (SSSR count). The highest BCUT2D eigenvalue weighted by Gasteiger charge is 2.30. The molecule has 0 saturated carbocycles. The Morgan fingerprint density at radius 1 is 1.55 bits per heavy atom. The zero-order valence-electron chi connectivity index (χ0n) is 10.9. The van der Waals surface area contributed by atoms with Gasteiger partial charge in [-0.15, -0.1) is 0 Å². The van der Waals surface area contributed by atoms with Crippen LogP contribution in [0.1, 0.15) is 24.6 Å². The summed E-state index contributed by atoms with van der Waals surface area (Å²) in [5.74, 6) is 0.689. The van der Waals surface area contributed by atoms with E-state index >= 15 is 0 Å². The lowest BCUT2D eigenvalue weighted by atomic mass is 10.1. The Morgan fingerprint density at radius 2 is 2.45 bits per heavy atom. The SMILES string of the molecule is CNc1ncnn2c(C3CCC(CON=S)O3)cnc12. The molecule has 0 radical (unpaired) electrons. The fourth-order valence-corrected chi connectivity index (χ4v) is 2.45. The molecule has 0 bridgehead atoms. The van der Waals surface area contributed by atoms with Crippen LogP contribution in [0.25, 0.3) is 5.65 Å². The van der Waals surface area contributed by atoms with Crippen molar-refractivity contribution in [3.63, 3.8) is 0 Å². The average Bonchev–Trinajstić information content (AvgIpc) is 3.10. The van der Waals surface area contributed by atoms with E-state index < -0.39 is 0 Å². The van der Waals surface area contributed by atoms with Gasteiger partial charge in [-0.1, -0.05) is 0 Å². The smallest absolute Gasteiger partial charge is 0.197 e. The fourth-order valence-electron chi connectivity index (χ4n) is 2.39. The van der Waals surface area contributed by atoms with Gasteiger partial charge in [0.25, 0.3) is 0 Å². The summed E-state index contributed by atoms with van der Waals surface area (Å²) in [6, 6.07) is 0. The van der Waals surface area contributed by atoms with E-state index in [1.165, 1.54) is 6.33 Å². The predicted octanol–water partition coefficient (Wildman–Crippen LogP) is 1.05. The Hall–Kier alpha value is -1.87. The summed E-state index contributed by atoms with van der Waals surface area (Å²) in [4.78, 5) is 13.3. The second-order valence-electron chi connectivity index (χ2n) is 4.47. The summed E-state index contributed by atoms with van der Waals surface area (Å²) in [5, 5.41) is 7.23. The lowest BCUT2D eigenvalue weighted by molar-refractivity contribution is -0.0145. The van der Waals surface area contributed by atoms with Crippen molar-refractivity contribution in [1.82, 2.24) is 19.6 Å². The topological polar surface area (TPSA) is 85.9 Å². The Morgan fingerprint density at radius 3 is 3.25 bits per heavy atom. The van der Waals surface area contributed by atoms with Crippen molar-refractivity contribution in [3.05, 3.63) is 18.2 Å². The summed E-state index contributed by atoms with van der Waals surface area (Å²) < 4.78 is 10.9. The Bertz CT molecular complexity index is 618. The molecule has 106 valence electrons. The van der Waals surface area contributed by atoms with Crippen molar-refractivity contribution < 1.29 is 9.57 Å². The number of hydrogen-bond acceptors (Lipinski definition) is 8. The molecule has 1 saturated heterocycles. The number of hydrogen-bond donors (Lipinski definition) is 1. The van der Waals surface area contributed by atoms with Gasteiger partial charge in [-0.05, 0) is 17.4 Å².